The van der Waals surface area contributed by atoms with Gasteiger partial charge in [-0.1, -0.05) is 26.2 Å². The summed E-state index contributed by atoms with van der Waals surface area (Å²) in [4.78, 5) is 16.4. The van der Waals surface area contributed by atoms with E-state index in [1.165, 1.54) is 20.8 Å². The number of nitrogens with zero attached hydrogens (tertiary/aromatic N) is 3. The highest BCUT2D eigenvalue weighted by Gasteiger charge is 2.58. The smallest absolute Gasteiger partial charge is 0.426 e. The molecule has 0 radical (unpaired) electrons. The van der Waals surface area contributed by atoms with Crippen LogP contribution >= 0.6 is 0 Å². The number of aliphatic hydroxyl groups is 1. The summed E-state index contributed by atoms with van der Waals surface area (Å²) in [6.45, 7) is 6.30. The number of anilines is 1. The minimum Gasteiger partial charge on any atom is -0.444 e. The maximum absolute atomic E-state index is 14.0. The van der Waals surface area contributed by atoms with E-state index in [1.54, 1.807) is 6.92 Å². The third-order valence-corrected chi connectivity index (χ3v) is 5.77. The maximum atomic E-state index is 14.0. The molecule has 206 valence electrons. The number of amides is 1. The highest BCUT2D eigenvalue weighted by Crippen LogP contribution is 2.44. The molecule has 2 atom stereocenters. The Labute approximate surface area is 208 Å². The highest BCUT2D eigenvalue weighted by atomic mass is 19.4. The molecule has 0 fully saturated rings. The number of rotatable bonds is 1. The van der Waals surface area contributed by atoms with Gasteiger partial charge in [-0.05, 0) is 52.0 Å². The SMILES string of the molecule is CC1CCCCC[C@](O)(C(F)(F)F)c2nnc(o2)-c2nc(c(C(F)(F)F)cc2NC(=O)OC(C)(C)C)C1. The van der Waals surface area contributed by atoms with Gasteiger partial charge in [0.2, 0.25) is 5.60 Å². The Morgan fingerprint density at radius 1 is 1.14 bits per heavy atom. The van der Waals surface area contributed by atoms with E-state index in [1.807, 2.05) is 0 Å². The fourth-order valence-corrected chi connectivity index (χ4v) is 3.96. The Balaban J connectivity index is 2.23. The van der Waals surface area contributed by atoms with Crippen LogP contribution in [-0.4, -0.2) is 38.2 Å². The molecule has 37 heavy (non-hydrogen) atoms. The second kappa shape index (κ2) is 10.1. The van der Waals surface area contributed by atoms with Gasteiger partial charge in [0.15, 0.2) is 5.69 Å². The van der Waals surface area contributed by atoms with E-state index < -0.39 is 70.5 Å². The van der Waals surface area contributed by atoms with Crippen LogP contribution in [0.4, 0.5) is 36.8 Å². The number of nitrogens with one attached hydrogen (secondary N) is 1. The average molecular weight is 538 g/mol. The van der Waals surface area contributed by atoms with E-state index in [9.17, 15) is 36.2 Å². The third-order valence-electron chi connectivity index (χ3n) is 5.77. The van der Waals surface area contributed by atoms with Gasteiger partial charge in [0.05, 0.1) is 16.9 Å². The van der Waals surface area contributed by atoms with Crippen molar-refractivity contribution in [3.8, 4) is 11.6 Å². The van der Waals surface area contributed by atoms with Gasteiger partial charge in [-0.15, -0.1) is 10.2 Å². The minimum absolute atomic E-state index is 0.0385. The molecule has 2 aromatic rings. The number of fused-ring (bicyclic) bond motifs is 5. The zero-order valence-electron chi connectivity index (χ0n) is 20.7. The first-order valence-corrected chi connectivity index (χ1v) is 11.7. The first kappa shape index (κ1) is 28.7. The Kier molecular flexibility index (Phi) is 7.83. The van der Waals surface area contributed by atoms with Crippen molar-refractivity contribution in [1.82, 2.24) is 15.2 Å². The second-order valence-corrected chi connectivity index (χ2v) is 10.2. The van der Waals surface area contributed by atoms with E-state index in [-0.39, 0.29) is 18.8 Å². The normalized spacial score (nSPS) is 21.8. The fraction of sp³-hybridized carbons (Fsp3) is 0.652. The van der Waals surface area contributed by atoms with Crippen LogP contribution in [0.15, 0.2) is 10.5 Å². The number of aromatic nitrogens is 3. The van der Waals surface area contributed by atoms with E-state index in [0.717, 1.165) is 0 Å². The lowest BCUT2D eigenvalue weighted by molar-refractivity contribution is -0.277. The van der Waals surface area contributed by atoms with E-state index in [0.29, 0.717) is 25.3 Å². The predicted molar refractivity (Wildman–Crippen MR) is 118 cm³/mol. The lowest BCUT2D eigenvalue weighted by Gasteiger charge is -2.27. The van der Waals surface area contributed by atoms with Crippen LogP contribution in [0.25, 0.3) is 11.6 Å². The molecule has 0 aromatic carbocycles. The molecule has 1 aliphatic heterocycles. The number of carbonyl (C=O) groups excluding carboxylic acids is 1. The number of halogens is 6. The summed E-state index contributed by atoms with van der Waals surface area (Å²) in [5, 5.41) is 19.5. The first-order chi connectivity index (χ1) is 16.9. The Morgan fingerprint density at radius 2 is 1.81 bits per heavy atom. The molecule has 3 heterocycles. The minimum atomic E-state index is -5.17. The molecule has 3 rings (SSSR count). The molecule has 1 amide bonds. The number of pyridine rings is 1. The number of carbonyl (C=O) groups is 1. The molecule has 8 nitrogen and oxygen atoms in total. The van der Waals surface area contributed by atoms with Gasteiger partial charge in [0, 0.05) is 0 Å². The molecular weight excluding hydrogens is 510 g/mol. The molecule has 2 aromatic heterocycles. The van der Waals surface area contributed by atoms with Gasteiger partial charge in [0.25, 0.3) is 11.8 Å². The monoisotopic (exact) mass is 538 g/mol. The Hall–Kier alpha value is -2.90. The van der Waals surface area contributed by atoms with E-state index >= 15 is 0 Å². The lowest BCUT2D eigenvalue weighted by Crippen LogP contribution is -2.42. The number of hydrogen-bond donors (Lipinski definition) is 2. The number of alkyl halides is 6. The van der Waals surface area contributed by atoms with Crippen molar-refractivity contribution in [1.29, 1.82) is 0 Å². The van der Waals surface area contributed by atoms with Crippen molar-refractivity contribution in [2.45, 2.75) is 89.8 Å². The van der Waals surface area contributed by atoms with Crippen LogP contribution in [0.3, 0.4) is 0 Å². The molecule has 0 saturated heterocycles. The number of ether oxygens (including phenoxy) is 1. The topological polar surface area (TPSA) is 110 Å². The second-order valence-electron chi connectivity index (χ2n) is 10.2. The fourth-order valence-electron chi connectivity index (χ4n) is 3.96. The average Bonchev–Trinajstić information content (AvgIpc) is 3.21. The van der Waals surface area contributed by atoms with Gasteiger partial charge >= 0.3 is 18.4 Å². The van der Waals surface area contributed by atoms with Crippen molar-refractivity contribution in [3.05, 3.63) is 23.2 Å². The van der Waals surface area contributed by atoms with Gasteiger partial charge in [-0.25, -0.2) is 9.78 Å². The summed E-state index contributed by atoms with van der Waals surface area (Å²) in [6.07, 6.45) is -10.9. The van der Waals surface area contributed by atoms with Crippen molar-refractivity contribution in [3.63, 3.8) is 0 Å². The molecule has 0 aliphatic carbocycles. The number of hydrogen-bond acceptors (Lipinski definition) is 7. The van der Waals surface area contributed by atoms with Crippen molar-refractivity contribution < 1.29 is 45.4 Å². The largest absolute Gasteiger partial charge is 0.444 e. The summed E-state index contributed by atoms with van der Waals surface area (Å²) in [5.41, 5.74) is -7.05. The lowest BCUT2D eigenvalue weighted by atomic mass is 9.92. The van der Waals surface area contributed by atoms with Crippen LogP contribution in [0.2, 0.25) is 0 Å². The summed E-state index contributed by atoms with van der Waals surface area (Å²) >= 11 is 0. The molecule has 0 saturated carbocycles. The van der Waals surface area contributed by atoms with Crippen LogP contribution in [0.5, 0.6) is 0 Å². The zero-order chi connectivity index (χ0) is 27.8. The summed E-state index contributed by atoms with van der Waals surface area (Å²) in [7, 11) is 0. The van der Waals surface area contributed by atoms with E-state index in [4.69, 9.17) is 9.15 Å². The third kappa shape index (κ3) is 6.70. The Bertz CT molecular complexity index is 1130. The highest BCUT2D eigenvalue weighted by molar-refractivity contribution is 5.89. The van der Waals surface area contributed by atoms with Crippen molar-refractivity contribution in [2.24, 2.45) is 5.92 Å². The Morgan fingerprint density at radius 3 is 2.41 bits per heavy atom. The molecular formula is C23H28F6N4O4. The maximum Gasteiger partial charge on any atom is 0.426 e. The quantitative estimate of drug-likeness (QED) is 0.405. The zero-order valence-corrected chi connectivity index (χ0v) is 20.7. The van der Waals surface area contributed by atoms with Crippen LogP contribution in [0, 0.1) is 5.92 Å². The van der Waals surface area contributed by atoms with Gasteiger partial charge in [-0.2, -0.15) is 26.3 Å². The molecule has 14 heteroatoms. The molecule has 0 spiro atoms. The summed E-state index contributed by atoms with van der Waals surface area (Å²) in [6, 6.07) is 0.611. The molecule has 1 aliphatic rings. The predicted octanol–water partition coefficient (Wildman–Crippen LogP) is 6.39. The van der Waals surface area contributed by atoms with Gasteiger partial charge in [-0.3, -0.25) is 5.32 Å². The van der Waals surface area contributed by atoms with Gasteiger partial charge < -0.3 is 14.3 Å². The van der Waals surface area contributed by atoms with Gasteiger partial charge in [0.1, 0.15) is 5.60 Å². The van der Waals surface area contributed by atoms with Crippen LogP contribution in [0.1, 0.15) is 76.9 Å². The van der Waals surface area contributed by atoms with Crippen LogP contribution < -0.4 is 5.32 Å². The summed E-state index contributed by atoms with van der Waals surface area (Å²) in [5.74, 6) is -2.18. The molecule has 4 bridgehead atoms. The van der Waals surface area contributed by atoms with Crippen LogP contribution in [-0.2, 0) is 22.9 Å². The van der Waals surface area contributed by atoms with Crippen molar-refractivity contribution >= 4 is 11.8 Å². The molecule has 2 N–H and O–H groups in total. The standard InChI is InChI=1S/C23H28F6N4O4/c1-12-8-6-5-7-9-21(35,23(27,28)29)18-33-32-17(36-18)16-15(31-19(34)37-20(2,3)4)11-13(22(24,25)26)14(10-12)30-16/h11-12,35H,5-10H2,1-4H3,(H,31,34)/t12?,21-/m1/s1. The van der Waals surface area contributed by atoms with E-state index in [2.05, 4.69) is 20.5 Å². The first-order valence-electron chi connectivity index (χ1n) is 11.7. The molecule has 1 unspecified atom stereocenters. The summed E-state index contributed by atoms with van der Waals surface area (Å²) < 4.78 is 93.7. The van der Waals surface area contributed by atoms with Crippen molar-refractivity contribution in [2.75, 3.05) is 5.32 Å².